The number of hydrogen-bond donors (Lipinski definition) is 1. The Morgan fingerprint density at radius 1 is 1.19 bits per heavy atom. The minimum atomic E-state index is -0.604. The van der Waals surface area contributed by atoms with Crippen LogP contribution in [0.2, 0.25) is 5.02 Å². The molecule has 0 aliphatic heterocycles. The maximum absolute atomic E-state index is 12.6. The second kappa shape index (κ2) is 6.94. The lowest BCUT2D eigenvalue weighted by Gasteiger charge is -2.07. The first kappa shape index (κ1) is 17.4. The summed E-state index contributed by atoms with van der Waals surface area (Å²) in [7, 11) is 0. The number of rotatable bonds is 3. The third kappa shape index (κ3) is 3.60. The van der Waals surface area contributed by atoms with Crippen molar-refractivity contribution in [3.05, 3.63) is 81.2 Å². The van der Waals surface area contributed by atoms with E-state index in [4.69, 9.17) is 11.6 Å². The second-order valence-corrected chi connectivity index (χ2v) is 7.36. The van der Waals surface area contributed by atoms with Gasteiger partial charge in [-0.15, -0.1) is 0 Å². The average Bonchev–Trinajstić information content (AvgIpc) is 3.03. The SMILES string of the molecule is Cc1ccc2nc(NC(=O)c3nn(-c4cccc(Cl)c4)ccc3=O)sc2c1. The van der Waals surface area contributed by atoms with E-state index in [0.29, 0.717) is 15.8 Å². The number of nitrogens with zero attached hydrogens (tertiary/aromatic N) is 3. The number of benzene rings is 2. The molecule has 0 bridgehead atoms. The Morgan fingerprint density at radius 3 is 2.85 bits per heavy atom. The molecule has 6 nitrogen and oxygen atoms in total. The van der Waals surface area contributed by atoms with Gasteiger partial charge in [0.15, 0.2) is 10.8 Å². The zero-order chi connectivity index (χ0) is 19.0. The van der Waals surface area contributed by atoms with Crippen molar-refractivity contribution in [1.82, 2.24) is 14.8 Å². The van der Waals surface area contributed by atoms with Crippen molar-refractivity contribution in [2.24, 2.45) is 0 Å². The van der Waals surface area contributed by atoms with E-state index in [1.54, 1.807) is 24.3 Å². The summed E-state index contributed by atoms with van der Waals surface area (Å²) in [4.78, 5) is 29.1. The second-order valence-electron chi connectivity index (χ2n) is 5.90. The normalized spacial score (nSPS) is 10.9. The predicted octanol–water partition coefficient (Wildman–Crippen LogP) is 4.06. The summed E-state index contributed by atoms with van der Waals surface area (Å²) in [5.74, 6) is -0.604. The first-order valence-corrected chi connectivity index (χ1v) is 9.23. The Balaban J connectivity index is 1.66. The molecule has 4 rings (SSSR count). The summed E-state index contributed by atoms with van der Waals surface area (Å²) in [6.07, 6.45) is 1.49. The lowest BCUT2D eigenvalue weighted by molar-refractivity contribution is 0.101. The molecule has 134 valence electrons. The minimum Gasteiger partial charge on any atom is -0.296 e. The molecule has 4 aromatic rings. The molecule has 2 aromatic carbocycles. The average molecular weight is 397 g/mol. The van der Waals surface area contributed by atoms with Gasteiger partial charge in [-0.05, 0) is 42.8 Å². The maximum Gasteiger partial charge on any atom is 0.281 e. The van der Waals surface area contributed by atoms with Crippen molar-refractivity contribution in [3.63, 3.8) is 0 Å². The summed E-state index contributed by atoms with van der Waals surface area (Å²) in [6.45, 7) is 1.99. The summed E-state index contributed by atoms with van der Waals surface area (Å²) in [6, 6.07) is 14.1. The van der Waals surface area contributed by atoms with E-state index in [1.807, 2.05) is 25.1 Å². The monoisotopic (exact) mass is 396 g/mol. The van der Waals surface area contributed by atoms with Crippen LogP contribution in [0.1, 0.15) is 16.1 Å². The number of aromatic nitrogens is 3. The van der Waals surface area contributed by atoms with Gasteiger partial charge in [0.25, 0.3) is 5.91 Å². The van der Waals surface area contributed by atoms with Gasteiger partial charge < -0.3 is 0 Å². The highest BCUT2D eigenvalue weighted by atomic mass is 35.5. The summed E-state index contributed by atoms with van der Waals surface area (Å²) < 4.78 is 2.40. The Hall–Kier alpha value is -3.03. The molecule has 1 N–H and O–H groups in total. The fraction of sp³-hybridized carbons (Fsp3) is 0.0526. The molecule has 1 amide bonds. The predicted molar refractivity (Wildman–Crippen MR) is 107 cm³/mol. The lowest BCUT2D eigenvalue weighted by Crippen LogP contribution is -2.25. The smallest absolute Gasteiger partial charge is 0.281 e. The van der Waals surface area contributed by atoms with Crippen molar-refractivity contribution < 1.29 is 4.79 Å². The fourth-order valence-corrected chi connectivity index (χ4v) is 3.71. The molecule has 0 aliphatic rings. The summed E-state index contributed by atoms with van der Waals surface area (Å²) in [5, 5.41) is 7.77. The van der Waals surface area contributed by atoms with Gasteiger partial charge in [-0.1, -0.05) is 35.1 Å². The molecule has 8 heteroatoms. The van der Waals surface area contributed by atoms with E-state index in [-0.39, 0.29) is 5.69 Å². The number of aryl methyl sites for hydroxylation is 1. The molecular formula is C19H13ClN4O2S. The molecule has 0 saturated carbocycles. The van der Waals surface area contributed by atoms with Gasteiger partial charge in [0.1, 0.15) is 0 Å². The van der Waals surface area contributed by atoms with Crippen LogP contribution in [-0.4, -0.2) is 20.7 Å². The molecule has 0 spiro atoms. The van der Waals surface area contributed by atoms with Crippen LogP contribution in [0.5, 0.6) is 0 Å². The molecule has 0 unspecified atom stereocenters. The number of nitrogens with one attached hydrogen (secondary N) is 1. The van der Waals surface area contributed by atoms with E-state index in [2.05, 4.69) is 15.4 Å². The zero-order valence-electron chi connectivity index (χ0n) is 14.1. The quantitative estimate of drug-likeness (QED) is 0.566. The van der Waals surface area contributed by atoms with Gasteiger partial charge in [-0.3, -0.25) is 14.9 Å². The van der Waals surface area contributed by atoms with Gasteiger partial charge in [-0.25, -0.2) is 9.67 Å². The standard InChI is InChI=1S/C19H13ClN4O2S/c1-11-5-6-14-16(9-11)27-19(21-14)22-18(26)17-15(25)7-8-24(23-17)13-4-2-3-12(20)10-13/h2-10H,1H3,(H,21,22,26). The van der Waals surface area contributed by atoms with Crippen LogP contribution < -0.4 is 10.7 Å². The number of fused-ring (bicyclic) bond motifs is 1. The first-order valence-electron chi connectivity index (χ1n) is 8.04. The Bertz CT molecular complexity index is 1230. The Labute approximate surface area is 163 Å². The van der Waals surface area contributed by atoms with Crippen LogP contribution in [0.25, 0.3) is 15.9 Å². The number of anilines is 1. The van der Waals surface area contributed by atoms with E-state index in [1.165, 1.54) is 28.3 Å². The fourth-order valence-electron chi connectivity index (χ4n) is 2.57. The van der Waals surface area contributed by atoms with Gasteiger partial charge in [0.2, 0.25) is 5.43 Å². The molecule has 2 aromatic heterocycles. The highest BCUT2D eigenvalue weighted by molar-refractivity contribution is 7.22. The third-order valence-corrected chi connectivity index (χ3v) is 5.03. The summed E-state index contributed by atoms with van der Waals surface area (Å²) in [5.41, 5.74) is 1.86. The minimum absolute atomic E-state index is 0.215. The molecule has 2 heterocycles. The van der Waals surface area contributed by atoms with Crippen molar-refractivity contribution in [2.75, 3.05) is 5.32 Å². The number of halogens is 1. The molecule has 0 saturated heterocycles. The van der Waals surface area contributed by atoms with Crippen LogP contribution in [0.15, 0.2) is 59.5 Å². The Kier molecular flexibility index (Phi) is 4.47. The number of thiazole rings is 1. The third-order valence-electron chi connectivity index (χ3n) is 3.86. The van der Waals surface area contributed by atoms with Crippen LogP contribution in [0.3, 0.4) is 0 Å². The van der Waals surface area contributed by atoms with Gasteiger partial charge in [-0.2, -0.15) is 5.10 Å². The van der Waals surface area contributed by atoms with Crippen molar-refractivity contribution in [1.29, 1.82) is 0 Å². The van der Waals surface area contributed by atoms with Crippen molar-refractivity contribution in [3.8, 4) is 5.69 Å². The van der Waals surface area contributed by atoms with Crippen molar-refractivity contribution in [2.45, 2.75) is 6.92 Å². The first-order chi connectivity index (χ1) is 13.0. The zero-order valence-corrected chi connectivity index (χ0v) is 15.7. The molecule has 27 heavy (non-hydrogen) atoms. The number of carbonyl (C=O) groups excluding carboxylic acids is 1. The highest BCUT2D eigenvalue weighted by Crippen LogP contribution is 2.26. The number of amides is 1. The topological polar surface area (TPSA) is 76.9 Å². The maximum atomic E-state index is 12.6. The largest absolute Gasteiger partial charge is 0.296 e. The molecular weight excluding hydrogens is 384 g/mol. The molecule has 0 aliphatic carbocycles. The van der Waals surface area contributed by atoms with E-state index in [0.717, 1.165) is 15.8 Å². The number of carbonyl (C=O) groups is 1. The number of hydrogen-bond acceptors (Lipinski definition) is 5. The Morgan fingerprint density at radius 2 is 2.04 bits per heavy atom. The van der Waals surface area contributed by atoms with Crippen LogP contribution in [0, 0.1) is 6.92 Å². The molecule has 0 atom stereocenters. The van der Waals surface area contributed by atoms with E-state index in [9.17, 15) is 9.59 Å². The highest BCUT2D eigenvalue weighted by Gasteiger charge is 2.16. The van der Waals surface area contributed by atoms with Gasteiger partial charge in [0, 0.05) is 17.3 Å². The van der Waals surface area contributed by atoms with E-state index < -0.39 is 11.3 Å². The van der Waals surface area contributed by atoms with Crippen molar-refractivity contribution >= 4 is 44.2 Å². The van der Waals surface area contributed by atoms with Crippen LogP contribution in [0.4, 0.5) is 5.13 Å². The van der Waals surface area contributed by atoms with Gasteiger partial charge >= 0.3 is 0 Å². The van der Waals surface area contributed by atoms with Crippen LogP contribution in [-0.2, 0) is 0 Å². The van der Waals surface area contributed by atoms with Gasteiger partial charge in [0.05, 0.1) is 15.9 Å². The summed E-state index contributed by atoms with van der Waals surface area (Å²) >= 11 is 7.34. The molecule has 0 radical (unpaired) electrons. The van der Waals surface area contributed by atoms with Crippen LogP contribution >= 0.6 is 22.9 Å². The van der Waals surface area contributed by atoms with E-state index >= 15 is 0 Å². The molecule has 0 fully saturated rings. The lowest BCUT2D eigenvalue weighted by atomic mass is 10.2.